The molecule has 6 heteroatoms. The number of rotatable bonds is 1. The zero-order chi connectivity index (χ0) is 10.1. The summed E-state index contributed by atoms with van der Waals surface area (Å²) in [5.41, 5.74) is 0.0823. The van der Waals surface area contributed by atoms with E-state index in [4.69, 9.17) is 0 Å². The minimum Gasteiger partial charge on any atom is -0.221 e. The van der Waals surface area contributed by atoms with Crippen LogP contribution in [0.4, 0.5) is 13.2 Å². The Labute approximate surface area is 76.8 Å². The molecule has 1 aromatic carbocycles. The first-order valence-corrected chi connectivity index (χ1v) is 3.69. The Kier molecular flexibility index (Phi) is 1.95. The number of hydrogen-bond acceptors (Lipinski definition) is 2. The van der Waals surface area contributed by atoms with E-state index >= 15 is 0 Å². The highest BCUT2D eigenvalue weighted by Gasteiger charge is 2.11. The molecule has 72 valence electrons. The summed E-state index contributed by atoms with van der Waals surface area (Å²) in [5.74, 6) is -4.00. The molecular formula is C8H4F3N3. The molecule has 0 saturated heterocycles. The molecule has 2 rings (SSSR count). The summed E-state index contributed by atoms with van der Waals surface area (Å²) >= 11 is 0. The maximum Gasteiger partial charge on any atom is 0.194 e. The van der Waals surface area contributed by atoms with Crippen molar-refractivity contribution in [2.75, 3.05) is 0 Å². The third kappa shape index (κ3) is 1.34. The van der Waals surface area contributed by atoms with E-state index in [2.05, 4.69) is 10.3 Å². The van der Waals surface area contributed by atoms with Crippen molar-refractivity contribution in [3.63, 3.8) is 0 Å². The SMILES string of the molecule is Fc1cc(-n2ccnn2)cc(F)c1F. The second kappa shape index (κ2) is 3.13. The monoisotopic (exact) mass is 199 g/mol. The normalized spacial score (nSPS) is 10.5. The standard InChI is InChI=1S/C8H4F3N3/c9-6-3-5(4-7(10)8(6)11)14-2-1-12-13-14/h1-4H. The van der Waals surface area contributed by atoms with Crippen molar-refractivity contribution < 1.29 is 13.2 Å². The molecular weight excluding hydrogens is 195 g/mol. The molecule has 0 unspecified atom stereocenters. The first-order valence-electron chi connectivity index (χ1n) is 3.69. The van der Waals surface area contributed by atoms with Gasteiger partial charge in [-0.1, -0.05) is 5.21 Å². The molecule has 2 aromatic rings. The molecule has 0 spiro atoms. The summed E-state index contributed by atoms with van der Waals surface area (Å²) in [6.45, 7) is 0. The van der Waals surface area contributed by atoms with E-state index < -0.39 is 17.5 Å². The average molecular weight is 199 g/mol. The first-order chi connectivity index (χ1) is 6.68. The van der Waals surface area contributed by atoms with Gasteiger partial charge in [0.2, 0.25) is 0 Å². The summed E-state index contributed by atoms with van der Waals surface area (Å²) in [6, 6.07) is 1.68. The fourth-order valence-corrected chi connectivity index (χ4v) is 1.02. The Bertz CT molecular complexity index is 430. The van der Waals surface area contributed by atoms with Crippen molar-refractivity contribution in [3.8, 4) is 5.69 Å². The summed E-state index contributed by atoms with van der Waals surface area (Å²) in [4.78, 5) is 0. The van der Waals surface area contributed by atoms with Gasteiger partial charge in [0.25, 0.3) is 0 Å². The van der Waals surface area contributed by atoms with E-state index in [9.17, 15) is 13.2 Å². The minimum absolute atomic E-state index is 0.0823. The highest BCUT2D eigenvalue weighted by Crippen LogP contribution is 2.15. The molecule has 0 bridgehead atoms. The molecule has 0 fully saturated rings. The molecule has 0 radical (unpaired) electrons. The first kappa shape index (κ1) is 8.74. The van der Waals surface area contributed by atoms with E-state index in [1.165, 1.54) is 12.4 Å². The van der Waals surface area contributed by atoms with E-state index in [1.807, 2.05) is 0 Å². The molecule has 0 aliphatic heterocycles. The van der Waals surface area contributed by atoms with Crippen LogP contribution in [0.5, 0.6) is 0 Å². The van der Waals surface area contributed by atoms with Gasteiger partial charge in [-0.25, -0.2) is 17.9 Å². The Hall–Kier alpha value is -1.85. The Morgan fingerprint density at radius 1 is 1.07 bits per heavy atom. The van der Waals surface area contributed by atoms with Gasteiger partial charge in [0.05, 0.1) is 18.1 Å². The number of aromatic nitrogens is 3. The minimum atomic E-state index is -1.49. The molecule has 0 N–H and O–H groups in total. The van der Waals surface area contributed by atoms with Crippen LogP contribution in [0.2, 0.25) is 0 Å². The van der Waals surface area contributed by atoms with Gasteiger partial charge >= 0.3 is 0 Å². The average Bonchev–Trinajstić information content (AvgIpc) is 2.66. The second-order valence-electron chi connectivity index (χ2n) is 2.57. The van der Waals surface area contributed by atoms with E-state index in [0.717, 1.165) is 16.8 Å². The summed E-state index contributed by atoms with van der Waals surface area (Å²) in [6.07, 6.45) is 2.74. The molecule has 0 aliphatic carbocycles. The van der Waals surface area contributed by atoms with Gasteiger partial charge in [0.1, 0.15) is 0 Å². The van der Waals surface area contributed by atoms with Crippen molar-refractivity contribution in [1.29, 1.82) is 0 Å². The second-order valence-corrected chi connectivity index (χ2v) is 2.57. The largest absolute Gasteiger partial charge is 0.221 e. The van der Waals surface area contributed by atoms with Gasteiger partial charge < -0.3 is 0 Å². The molecule has 1 heterocycles. The number of nitrogens with zero attached hydrogens (tertiary/aromatic N) is 3. The number of hydrogen-bond donors (Lipinski definition) is 0. The Balaban J connectivity index is 2.57. The maximum absolute atomic E-state index is 12.8. The molecule has 0 aliphatic rings. The van der Waals surface area contributed by atoms with Gasteiger partial charge in [0, 0.05) is 12.1 Å². The van der Waals surface area contributed by atoms with Gasteiger partial charge in [-0.2, -0.15) is 0 Å². The Morgan fingerprint density at radius 2 is 1.71 bits per heavy atom. The van der Waals surface area contributed by atoms with E-state index in [0.29, 0.717) is 0 Å². The van der Waals surface area contributed by atoms with Crippen molar-refractivity contribution >= 4 is 0 Å². The highest BCUT2D eigenvalue weighted by atomic mass is 19.2. The highest BCUT2D eigenvalue weighted by molar-refractivity contribution is 5.32. The third-order valence-electron chi connectivity index (χ3n) is 1.66. The molecule has 1 aromatic heterocycles. The predicted molar refractivity (Wildman–Crippen MR) is 41.2 cm³/mol. The summed E-state index contributed by atoms with van der Waals surface area (Å²) in [5, 5.41) is 6.96. The molecule has 0 atom stereocenters. The van der Waals surface area contributed by atoms with Crippen molar-refractivity contribution in [1.82, 2.24) is 15.0 Å². The molecule has 3 nitrogen and oxygen atoms in total. The van der Waals surface area contributed by atoms with Gasteiger partial charge in [-0.05, 0) is 0 Å². The van der Waals surface area contributed by atoms with Crippen LogP contribution in [0.25, 0.3) is 5.69 Å². The maximum atomic E-state index is 12.8. The van der Waals surface area contributed by atoms with Crippen LogP contribution in [0.3, 0.4) is 0 Å². The van der Waals surface area contributed by atoms with Gasteiger partial charge in [-0.15, -0.1) is 5.10 Å². The predicted octanol–water partition coefficient (Wildman–Crippen LogP) is 1.68. The lowest BCUT2D eigenvalue weighted by Crippen LogP contribution is -1.99. The van der Waals surface area contributed by atoms with Gasteiger partial charge in [-0.3, -0.25) is 0 Å². The quantitative estimate of drug-likeness (QED) is 0.654. The third-order valence-corrected chi connectivity index (χ3v) is 1.66. The lowest BCUT2D eigenvalue weighted by atomic mass is 10.3. The van der Waals surface area contributed by atoms with Crippen molar-refractivity contribution in [3.05, 3.63) is 42.0 Å². The van der Waals surface area contributed by atoms with Crippen molar-refractivity contribution in [2.24, 2.45) is 0 Å². The van der Waals surface area contributed by atoms with Crippen LogP contribution >= 0.6 is 0 Å². The van der Waals surface area contributed by atoms with E-state index in [-0.39, 0.29) is 5.69 Å². The zero-order valence-corrected chi connectivity index (χ0v) is 6.78. The van der Waals surface area contributed by atoms with Crippen LogP contribution < -0.4 is 0 Å². The number of benzene rings is 1. The van der Waals surface area contributed by atoms with Crippen LogP contribution in [0, 0.1) is 17.5 Å². The van der Waals surface area contributed by atoms with Crippen LogP contribution in [-0.4, -0.2) is 15.0 Å². The van der Waals surface area contributed by atoms with Crippen LogP contribution in [-0.2, 0) is 0 Å². The Morgan fingerprint density at radius 3 is 2.21 bits per heavy atom. The van der Waals surface area contributed by atoms with E-state index in [1.54, 1.807) is 0 Å². The topological polar surface area (TPSA) is 30.7 Å². The lowest BCUT2D eigenvalue weighted by molar-refractivity contribution is 0.446. The fourth-order valence-electron chi connectivity index (χ4n) is 1.02. The smallest absolute Gasteiger partial charge is 0.194 e. The number of halogens is 3. The molecule has 14 heavy (non-hydrogen) atoms. The summed E-state index contributed by atoms with van der Waals surface area (Å²) < 4.78 is 39.2. The fraction of sp³-hybridized carbons (Fsp3) is 0. The molecule has 0 saturated carbocycles. The van der Waals surface area contributed by atoms with Crippen LogP contribution in [0.1, 0.15) is 0 Å². The van der Waals surface area contributed by atoms with Crippen molar-refractivity contribution in [2.45, 2.75) is 0 Å². The van der Waals surface area contributed by atoms with Gasteiger partial charge in [0.15, 0.2) is 17.5 Å². The molecule has 0 amide bonds. The van der Waals surface area contributed by atoms with Crippen LogP contribution in [0.15, 0.2) is 24.5 Å². The lowest BCUT2D eigenvalue weighted by Gasteiger charge is -2.01. The summed E-state index contributed by atoms with van der Waals surface area (Å²) in [7, 11) is 0. The zero-order valence-electron chi connectivity index (χ0n) is 6.78.